The van der Waals surface area contributed by atoms with Crippen LogP contribution in [0.3, 0.4) is 0 Å². The summed E-state index contributed by atoms with van der Waals surface area (Å²) in [5.41, 5.74) is 0. The summed E-state index contributed by atoms with van der Waals surface area (Å²) in [7, 11) is 0. The Bertz CT molecular complexity index is 225. The normalized spacial score (nSPS) is 25.1. The van der Waals surface area contributed by atoms with E-state index in [1.165, 1.54) is 32.1 Å². The molecule has 0 aromatic carbocycles. The first-order valence-corrected chi connectivity index (χ1v) is 7.04. The van der Waals surface area contributed by atoms with Crippen molar-refractivity contribution in [3.63, 3.8) is 0 Å². The summed E-state index contributed by atoms with van der Waals surface area (Å²) in [5.74, 6) is 1.84. The summed E-state index contributed by atoms with van der Waals surface area (Å²) in [6.45, 7) is 5.32. The number of hydrogen-bond donors (Lipinski definition) is 0. The molecule has 1 aliphatic carbocycles. The van der Waals surface area contributed by atoms with Crippen molar-refractivity contribution in [3.05, 3.63) is 0 Å². The molecule has 2 heteroatoms. The topological polar surface area (TPSA) is 20.3 Å². The molecule has 1 heterocycles. The van der Waals surface area contributed by atoms with Gasteiger partial charge in [0.1, 0.15) is 5.78 Å². The van der Waals surface area contributed by atoms with Crippen molar-refractivity contribution in [1.82, 2.24) is 4.90 Å². The van der Waals surface area contributed by atoms with Crippen LogP contribution in [0, 0.1) is 11.8 Å². The third-order valence-electron chi connectivity index (χ3n) is 4.47. The van der Waals surface area contributed by atoms with E-state index in [9.17, 15) is 4.79 Å². The fourth-order valence-corrected chi connectivity index (χ4v) is 3.15. The summed E-state index contributed by atoms with van der Waals surface area (Å²) < 4.78 is 0. The number of nitrogens with zero attached hydrogens (tertiary/aromatic N) is 1. The maximum atomic E-state index is 12.0. The molecule has 0 unspecified atom stereocenters. The zero-order chi connectivity index (χ0) is 11.4. The highest BCUT2D eigenvalue weighted by Crippen LogP contribution is 2.26. The Balaban J connectivity index is 1.71. The predicted molar refractivity (Wildman–Crippen MR) is 66.4 cm³/mol. The second-order valence-corrected chi connectivity index (χ2v) is 5.58. The first-order valence-electron chi connectivity index (χ1n) is 7.04. The van der Waals surface area contributed by atoms with E-state index in [0.29, 0.717) is 11.7 Å². The van der Waals surface area contributed by atoms with Gasteiger partial charge in [-0.3, -0.25) is 9.69 Å². The van der Waals surface area contributed by atoms with Gasteiger partial charge in [0, 0.05) is 5.92 Å². The number of carbonyl (C=O) groups excluding carboxylic acids is 1. The van der Waals surface area contributed by atoms with Crippen molar-refractivity contribution in [1.29, 1.82) is 0 Å². The molecule has 16 heavy (non-hydrogen) atoms. The van der Waals surface area contributed by atoms with Gasteiger partial charge < -0.3 is 0 Å². The van der Waals surface area contributed by atoms with Crippen molar-refractivity contribution in [2.24, 2.45) is 11.8 Å². The van der Waals surface area contributed by atoms with Crippen molar-refractivity contribution >= 4 is 5.78 Å². The van der Waals surface area contributed by atoms with Gasteiger partial charge in [-0.15, -0.1) is 0 Å². The van der Waals surface area contributed by atoms with Crippen molar-refractivity contribution in [3.8, 4) is 0 Å². The molecule has 1 aliphatic heterocycles. The SMILES string of the molecule is CCC1CCN(CC(=O)C2CCCC2)CC1. The van der Waals surface area contributed by atoms with Gasteiger partial charge in [-0.25, -0.2) is 0 Å². The highest BCUT2D eigenvalue weighted by Gasteiger charge is 2.25. The Labute approximate surface area is 99.4 Å². The molecular weight excluding hydrogens is 198 g/mol. The van der Waals surface area contributed by atoms with E-state index in [0.717, 1.165) is 38.4 Å². The van der Waals surface area contributed by atoms with Gasteiger partial charge >= 0.3 is 0 Å². The molecule has 2 nitrogen and oxygen atoms in total. The minimum atomic E-state index is 0.406. The van der Waals surface area contributed by atoms with Gasteiger partial charge in [-0.1, -0.05) is 26.2 Å². The van der Waals surface area contributed by atoms with Crippen LogP contribution >= 0.6 is 0 Å². The van der Waals surface area contributed by atoms with Crippen LogP contribution in [0.25, 0.3) is 0 Å². The second-order valence-electron chi connectivity index (χ2n) is 5.58. The molecule has 2 aliphatic rings. The van der Waals surface area contributed by atoms with Crippen LogP contribution < -0.4 is 0 Å². The average Bonchev–Trinajstić information content (AvgIpc) is 2.83. The Morgan fingerprint density at radius 3 is 2.31 bits per heavy atom. The van der Waals surface area contributed by atoms with Crippen molar-refractivity contribution in [2.45, 2.75) is 51.9 Å². The smallest absolute Gasteiger partial charge is 0.149 e. The summed E-state index contributed by atoms with van der Waals surface area (Å²) in [6.07, 6.45) is 8.77. The minimum absolute atomic E-state index is 0.406. The van der Waals surface area contributed by atoms with Gasteiger partial charge in [-0.05, 0) is 44.7 Å². The van der Waals surface area contributed by atoms with Crippen LogP contribution in [-0.2, 0) is 4.79 Å². The van der Waals surface area contributed by atoms with E-state index in [1.54, 1.807) is 0 Å². The number of hydrogen-bond acceptors (Lipinski definition) is 2. The molecule has 2 fully saturated rings. The molecule has 0 radical (unpaired) electrons. The van der Waals surface area contributed by atoms with Gasteiger partial charge in [-0.2, -0.15) is 0 Å². The molecule has 0 N–H and O–H groups in total. The lowest BCUT2D eigenvalue weighted by molar-refractivity contribution is -0.124. The summed E-state index contributed by atoms with van der Waals surface area (Å²) in [5, 5.41) is 0. The highest BCUT2D eigenvalue weighted by atomic mass is 16.1. The van der Waals surface area contributed by atoms with E-state index < -0.39 is 0 Å². The maximum Gasteiger partial charge on any atom is 0.149 e. The number of Topliss-reactive ketones (excluding diaryl/α,β-unsaturated/α-hetero) is 1. The number of piperidine rings is 1. The average molecular weight is 223 g/mol. The largest absolute Gasteiger partial charge is 0.298 e. The van der Waals surface area contributed by atoms with Crippen LogP contribution in [0.15, 0.2) is 0 Å². The lowest BCUT2D eigenvalue weighted by Gasteiger charge is -2.31. The van der Waals surface area contributed by atoms with E-state index in [2.05, 4.69) is 11.8 Å². The van der Waals surface area contributed by atoms with Crippen LogP contribution in [0.2, 0.25) is 0 Å². The van der Waals surface area contributed by atoms with Gasteiger partial charge in [0.15, 0.2) is 0 Å². The molecule has 92 valence electrons. The van der Waals surface area contributed by atoms with E-state index >= 15 is 0 Å². The molecule has 1 saturated heterocycles. The number of carbonyl (C=O) groups is 1. The minimum Gasteiger partial charge on any atom is -0.298 e. The third kappa shape index (κ3) is 3.07. The molecule has 0 aromatic heterocycles. The monoisotopic (exact) mass is 223 g/mol. The lowest BCUT2D eigenvalue weighted by Crippen LogP contribution is -2.38. The maximum absolute atomic E-state index is 12.0. The molecule has 0 amide bonds. The Morgan fingerprint density at radius 2 is 1.75 bits per heavy atom. The van der Waals surface area contributed by atoms with E-state index in [4.69, 9.17) is 0 Å². The second kappa shape index (κ2) is 5.81. The zero-order valence-electron chi connectivity index (χ0n) is 10.6. The summed E-state index contributed by atoms with van der Waals surface area (Å²) in [6, 6.07) is 0. The molecular formula is C14H25NO. The molecule has 2 rings (SSSR count). The summed E-state index contributed by atoms with van der Waals surface area (Å²) >= 11 is 0. The fraction of sp³-hybridized carbons (Fsp3) is 0.929. The quantitative estimate of drug-likeness (QED) is 0.730. The van der Waals surface area contributed by atoms with E-state index in [1.807, 2.05) is 0 Å². The Morgan fingerprint density at radius 1 is 1.12 bits per heavy atom. The van der Waals surface area contributed by atoms with Crippen molar-refractivity contribution < 1.29 is 4.79 Å². The van der Waals surface area contributed by atoms with Gasteiger partial charge in [0.05, 0.1) is 6.54 Å². The Kier molecular flexibility index (Phi) is 4.39. The number of likely N-dealkylation sites (tertiary alicyclic amines) is 1. The molecule has 0 bridgehead atoms. The van der Waals surface area contributed by atoms with Crippen LogP contribution in [0.1, 0.15) is 51.9 Å². The van der Waals surface area contributed by atoms with Crippen molar-refractivity contribution in [2.75, 3.05) is 19.6 Å². The molecule has 0 atom stereocenters. The third-order valence-corrected chi connectivity index (χ3v) is 4.47. The molecule has 1 saturated carbocycles. The molecule has 0 aromatic rings. The lowest BCUT2D eigenvalue weighted by atomic mass is 9.93. The standard InChI is InChI=1S/C14H25NO/c1-2-12-7-9-15(10-8-12)11-14(16)13-5-3-4-6-13/h12-13H,2-11H2,1H3. The zero-order valence-corrected chi connectivity index (χ0v) is 10.6. The van der Waals surface area contributed by atoms with Crippen LogP contribution in [-0.4, -0.2) is 30.3 Å². The summed E-state index contributed by atoms with van der Waals surface area (Å²) in [4.78, 5) is 14.4. The molecule has 0 spiro atoms. The first-order chi connectivity index (χ1) is 7.79. The van der Waals surface area contributed by atoms with Crippen LogP contribution in [0.5, 0.6) is 0 Å². The van der Waals surface area contributed by atoms with Gasteiger partial charge in [0.25, 0.3) is 0 Å². The van der Waals surface area contributed by atoms with Gasteiger partial charge in [0.2, 0.25) is 0 Å². The van der Waals surface area contributed by atoms with Crippen LogP contribution in [0.4, 0.5) is 0 Å². The Hall–Kier alpha value is -0.370. The fourth-order valence-electron chi connectivity index (χ4n) is 3.15. The number of rotatable bonds is 4. The highest BCUT2D eigenvalue weighted by molar-refractivity contribution is 5.83. The first kappa shape index (κ1) is 12.1. The number of ketones is 1. The predicted octanol–water partition coefficient (Wildman–Crippen LogP) is 2.87. The van der Waals surface area contributed by atoms with E-state index in [-0.39, 0.29) is 0 Å².